The van der Waals surface area contributed by atoms with Crippen molar-refractivity contribution < 1.29 is 9.53 Å². The third-order valence-corrected chi connectivity index (χ3v) is 2.52. The van der Waals surface area contributed by atoms with E-state index in [2.05, 4.69) is 5.32 Å². The van der Waals surface area contributed by atoms with Crippen molar-refractivity contribution in [3.05, 3.63) is 0 Å². The van der Waals surface area contributed by atoms with Gasteiger partial charge in [0, 0.05) is 6.54 Å². The van der Waals surface area contributed by atoms with Crippen molar-refractivity contribution in [1.29, 1.82) is 0 Å². The maximum Gasteiger partial charge on any atom is 0.310 e. The van der Waals surface area contributed by atoms with Gasteiger partial charge in [-0.15, -0.1) is 0 Å². The Balaban J connectivity index is 2.38. The fraction of sp³-hybridized carbons (Fsp3) is 0.900. The van der Waals surface area contributed by atoms with Gasteiger partial charge >= 0.3 is 5.97 Å². The van der Waals surface area contributed by atoms with Gasteiger partial charge < -0.3 is 15.8 Å². The number of rotatable bonds is 4. The predicted octanol–water partition coefficient (Wildman–Crippen LogP) is 0.267. The van der Waals surface area contributed by atoms with E-state index in [0.29, 0.717) is 13.0 Å². The van der Waals surface area contributed by atoms with Gasteiger partial charge in [0.1, 0.15) is 5.60 Å². The largest absolute Gasteiger partial charge is 0.459 e. The Morgan fingerprint density at radius 3 is 2.86 bits per heavy atom. The minimum Gasteiger partial charge on any atom is -0.459 e. The summed E-state index contributed by atoms with van der Waals surface area (Å²) in [6.45, 7) is 6.01. The minimum absolute atomic E-state index is 0.0343. The molecule has 1 aliphatic rings. The van der Waals surface area contributed by atoms with Gasteiger partial charge in [-0.05, 0) is 39.8 Å². The molecular weight excluding hydrogens is 180 g/mol. The molecule has 14 heavy (non-hydrogen) atoms. The van der Waals surface area contributed by atoms with E-state index in [9.17, 15) is 4.79 Å². The molecule has 1 fully saturated rings. The molecule has 0 amide bonds. The monoisotopic (exact) mass is 200 g/mol. The van der Waals surface area contributed by atoms with E-state index in [1.54, 1.807) is 0 Å². The zero-order chi connectivity index (χ0) is 10.6. The smallest absolute Gasteiger partial charge is 0.310 e. The third-order valence-electron chi connectivity index (χ3n) is 2.52. The van der Waals surface area contributed by atoms with Crippen molar-refractivity contribution in [2.24, 2.45) is 11.7 Å². The molecule has 0 aromatic rings. The molecule has 1 saturated heterocycles. The second kappa shape index (κ2) is 4.75. The van der Waals surface area contributed by atoms with Crippen LogP contribution < -0.4 is 11.1 Å². The lowest BCUT2D eigenvalue weighted by atomic mass is 10.0. The van der Waals surface area contributed by atoms with Gasteiger partial charge in [-0.1, -0.05) is 0 Å². The van der Waals surface area contributed by atoms with Gasteiger partial charge in [-0.3, -0.25) is 4.79 Å². The lowest BCUT2D eigenvalue weighted by Gasteiger charge is -2.25. The summed E-state index contributed by atoms with van der Waals surface area (Å²) >= 11 is 0. The fourth-order valence-electron chi connectivity index (χ4n) is 1.61. The molecular formula is C10H20N2O2. The fourth-order valence-corrected chi connectivity index (χ4v) is 1.61. The molecule has 1 heterocycles. The number of hydrogen-bond donors (Lipinski definition) is 2. The van der Waals surface area contributed by atoms with Crippen molar-refractivity contribution >= 4 is 5.97 Å². The first-order chi connectivity index (χ1) is 6.55. The Kier molecular flexibility index (Phi) is 3.89. The number of esters is 1. The van der Waals surface area contributed by atoms with E-state index in [0.717, 1.165) is 19.5 Å². The van der Waals surface area contributed by atoms with Crippen LogP contribution in [0, 0.1) is 5.92 Å². The summed E-state index contributed by atoms with van der Waals surface area (Å²) in [5, 5.41) is 3.15. The number of carbonyl (C=O) groups is 1. The Labute approximate surface area is 85.2 Å². The zero-order valence-electron chi connectivity index (χ0n) is 9.01. The van der Waals surface area contributed by atoms with Crippen LogP contribution in [0.15, 0.2) is 0 Å². The second-order valence-corrected chi connectivity index (χ2v) is 4.41. The van der Waals surface area contributed by atoms with Crippen molar-refractivity contribution in [2.45, 2.75) is 32.3 Å². The molecule has 0 bridgehead atoms. The molecule has 0 spiro atoms. The SMILES string of the molecule is CC(C)(CCN)OC(=O)[C@H]1CCNC1. The standard InChI is InChI=1S/C10H20N2O2/c1-10(2,4-5-11)14-9(13)8-3-6-12-7-8/h8,12H,3-7,11H2,1-2H3/t8-/m0/s1. The molecule has 0 unspecified atom stereocenters. The molecule has 1 aliphatic heterocycles. The summed E-state index contributed by atoms with van der Waals surface area (Å²) in [7, 11) is 0. The molecule has 0 radical (unpaired) electrons. The highest BCUT2D eigenvalue weighted by atomic mass is 16.6. The molecule has 0 aromatic heterocycles. The van der Waals surface area contributed by atoms with Gasteiger partial charge in [0.25, 0.3) is 0 Å². The number of nitrogens with one attached hydrogen (secondary N) is 1. The first-order valence-corrected chi connectivity index (χ1v) is 5.19. The van der Waals surface area contributed by atoms with Crippen LogP contribution in [-0.4, -0.2) is 31.2 Å². The van der Waals surface area contributed by atoms with Gasteiger partial charge in [0.15, 0.2) is 0 Å². The van der Waals surface area contributed by atoms with Crippen LogP contribution in [0.3, 0.4) is 0 Å². The summed E-state index contributed by atoms with van der Waals surface area (Å²) < 4.78 is 5.40. The van der Waals surface area contributed by atoms with Gasteiger partial charge in [-0.25, -0.2) is 0 Å². The minimum atomic E-state index is -0.422. The highest BCUT2D eigenvalue weighted by Crippen LogP contribution is 2.18. The molecule has 3 N–H and O–H groups in total. The summed E-state index contributed by atoms with van der Waals surface area (Å²) in [5.74, 6) is -0.0551. The van der Waals surface area contributed by atoms with Crippen LogP contribution in [0.2, 0.25) is 0 Å². The molecule has 0 saturated carbocycles. The van der Waals surface area contributed by atoms with Crippen molar-refractivity contribution in [3.63, 3.8) is 0 Å². The summed E-state index contributed by atoms with van der Waals surface area (Å²) in [5.41, 5.74) is 5.02. The quantitative estimate of drug-likeness (QED) is 0.639. The average Bonchev–Trinajstić information content (AvgIpc) is 2.53. The van der Waals surface area contributed by atoms with Crippen molar-refractivity contribution in [1.82, 2.24) is 5.32 Å². The molecule has 1 rings (SSSR count). The molecule has 82 valence electrons. The Morgan fingerprint density at radius 2 is 2.36 bits per heavy atom. The van der Waals surface area contributed by atoms with Crippen LogP contribution in [0.25, 0.3) is 0 Å². The van der Waals surface area contributed by atoms with Gasteiger partial charge in [-0.2, -0.15) is 0 Å². The maximum atomic E-state index is 11.6. The highest BCUT2D eigenvalue weighted by Gasteiger charge is 2.29. The third kappa shape index (κ3) is 3.27. The number of hydrogen-bond acceptors (Lipinski definition) is 4. The van der Waals surface area contributed by atoms with E-state index in [1.807, 2.05) is 13.8 Å². The van der Waals surface area contributed by atoms with E-state index in [1.165, 1.54) is 0 Å². The normalized spacial score (nSPS) is 22.4. The van der Waals surface area contributed by atoms with Gasteiger partial charge in [0.05, 0.1) is 5.92 Å². The number of ether oxygens (including phenoxy) is 1. The Hall–Kier alpha value is -0.610. The van der Waals surface area contributed by atoms with Crippen LogP contribution in [0.1, 0.15) is 26.7 Å². The number of carbonyl (C=O) groups excluding carboxylic acids is 1. The Bertz CT molecular complexity index is 198. The molecule has 4 nitrogen and oxygen atoms in total. The lowest BCUT2D eigenvalue weighted by molar-refractivity contribution is -0.161. The summed E-state index contributed by atoms with van der Waals surface area (Å²) in [6.07, 6.45) is 1.59. The van der Waals surface area contributed by atoms with E-state index in [-0.39, 0.29) is 11.9 Å². The molecule has 0 aromatic carbocycles. The lowest BCUT2D eigenvalue weighted by Crippen LogP contribution is -2.34. The Morgan fingerprint density at radius 1 is 1.64 bits per heavy atom. The molecule has 1 atom stereocenters. The number of nitrogens with two attached hydrogens (primary N) is 1. The topological polar surface area (TPSA) is 64.3 Å². The predicted molar refractivity (Wildman–Crippen MR) is 54.8 cm³/mol. The average molecular weight is 200 g/mol. The van der Waals surface area contributed by atoms with Crippen molar-refractivity contribution in [2.75, 3.05) is 19.6 Å². The van der Waals surface area contributed by atoms with Crippen LogP contribution in [0.5, 0.6) is 0 Å². The van der Waals surface area contributed by atoms with Gasteiger partial charge in [0.2, 0.25) is 0 Å². The molecule has 0 aliphatic carbocycles. The van der Waals surface area contributed by atoms with Crippen LogP contribution >= 0.6 is 0 Å². The summed E-state index contributed by atoms with van der Waals surface area (Å²) in [4.78, 5) is 11.6. The maximum absolute atomic E-state index is 11.6. The molecule has 4 heteroatoms. The second-order valence-electron chi connectivity index (χ2n) is 4.41. The van der Waals surface area contributed by atoms with Crippen LogP contribution in [-0.2, 0) is 9.53 Å². The van der Waals surface area contributed by atoms with E-state index in [4.69, 9.17) is 10.5 Å². The van der Waals surface area contributed by atoms with E-state index >= 15 is 0 Å². The van der Waals surface area contributed by atoms with Crippen molar-refractivity contribution in [3.8, 4) is 0 Å². The zero-order valence-corrected chi connectivity index (χ0v) is 9.01. The van der Waals surface area contributed by atoms with Crippen LogP contribution in [0.4, 0.5) is 0 Å². The van der Waals surface area contributed by atoms with E-state index < -0.39 is 5.60 Å². The summed E-state index contributed by atoms with van der Waals surface area (Å²) in [6, 6.07) is 0. The highest BCUT2D eigenvalue weighted by molar-refractivity contribution is 5.73. The first kappa shape index (κ1) is 11.5. The first-order valence-electron chi connectivity index (χ1n) is 5.19.